The number of aliphatic hydroxyl groups excluding tert-OH is 1. The van der Waals surface area contributed by atoms with Crippen molar-refractivity contribution in [3.8, 4) is 0 Å². The fourth-order valence-electron chi connectivity index (χ4n) is 2.35. The molecule has 1 aromatic carbocycles. The van der Waals surface area contributed by atoms with Crippen molar-refractivity contribution >= 4 is 21.6 Å². The van der Waals surface area contributed by atoms with Crippen LogP contribution in [0.1, 0.15) is 24.8 Å². The number of hydrogen-bond acceptors (Lipinski definition) is 3. The van der Waals surface area contributed by atoms with Crippen LogP contribution in [0.3, 0.4) is 0 Å². The van der Waals surface area contributed by atoms with Gasteiger partial charge in [-0.2, -0.15) is 0 Å². The molecular weight excluding hydrogens is 286 g/mol. The predicted molar refractivity (Wildman–Crippen MR) is 67.8 cm³/mol. The highest BCUT2D eigenvalue weighted by atomic mass is 79.9. The largest absolute Gasteiger partial charge is 0.393 e. The smallest absolute Gasteiger partial charge is 0.270 e. The third-order valence-electron chi connectivity index (χ3n) is 3.35. The zero-order valence-corrected chi connectivity index (χ0v) is 10.9. The van der Waals surface area contributed by atoms with Gasteiger partial charge in [-0.05, 0) is 30.7 Å². The van der Waals surface area contributed by atoms with E-state index in [2.05, 4.69) is 15.9 Å². The van der Waals surface area contributed by atoms with E-state index >= 15 is 0 Å². The molecule has 0 bridgehead atoms. The number of rotatable bonds is 3. The van der Waals surface area contributed by atoms with Crippen LogP contribution in [0, 0.1) is 16.0 Å². The Labute approximate surface area is 108 Å². The molecule has 0 saturated heterocycles. The Morgan fingerprint density at radius 3 is 2.76 bits per heavy atom. The van der Waals surface area contributed by atoms with E-state index in [0.717, 1.165) is 35.7 Å². The van der Waals surface area contributed by atoms with Crippen LogP contribution in [0.5, 0.6) is 0 Å². The molecule has 17 heavy (non-hydrogen) atoms. The van der Waals surface area contributed by atoms with E-state index in [1.54, 1.807) is 6.07 Å². The van der Waals surface area contributed by atoms with E-state index in [1.807, 2.05) is 0 Å². The molecule has 1 aromatic rings. The summed E-state index contributed by atoms with van der Waals surface area (Å²) in [4.78, 5) is 10.2. The highest BCUT2D eigenvalue weighted by Crippen LogP contribution is 2.32. The Hall–Kier alpha value is -0.940. The Bertz CT molecular complexity index is 436. The lowest BCUT2D eigenvalue weighted by Gasteiger charge is -2.15. The molecule has 1 aliphatic rings. The Morgan fingerprint density at radius 2 is 2.24 bits per heavy atom. The van der Waals surface area contributed by atoms with Gasteiger partial charge in [0.2, 0.25) is 0 Å². The summed E-state index contributed by atoms with van der Waals surface area (Å²) in [7, 11) is 0. The van der Waals surface area contributed by atoms with E-state index < -0.39 is 4.92 Å². The maximum Gasteiger partial charge on any atom is 0.270 e. The van der Waals surface area contributed by atoms with Crippen molar-refractivity contribution in [1.82, 2.24) is 0 Å². The van der Waals surface area contributed by atoms with Crippen LogP contribution in [0.2, 0.25) is 0 Å². The summed E-state index contributed by atoms with van der Waals surface area (Å²) >= 11 is 3.36. The van der Waals surface area contributed by atoms with Gasteiger partial charge in [0.05, 0.1) is 11.0 Å². The van der Waals surface area contributed by atoms with Crippen molar-refractivity contribution in [2.45, 2.75) is 31.8 Å². The van der Waals surface area contributed by atoms with E-state index in [9.17, 15) is 15.2 Å². The molecule has 1 aliphatic carbocycles. The molecule has 0 aliphatic heterocycles. The number of non-ortho nitro benzene ring substituents is 1. The maximum absolute atomic E-state index is 10.6. The van der Waals surface area contributed by atoms with Crippen molar-refractivity contribution in [3.63, 3.8) is 0 Å². The van der Waals surface area contributed by atoms with Gasteiger partial charge in [-0.15, -0.1) is 0 Å². The summed E-state index contributed by atoms with van der Waals surface area (Å²) in [5.74, 6) is 0.285. The summed E-state index contributed by atoms with van der Waals surface area (Å²) in [6, 6.07) is 4.81. The molecular formula is C12H14BrNO3. The standard InChI is InChI=1S/C12H14BrNO3/c13-11-7-10(14(16)17)5-4-8(11)6-9-2-1-3-12(9)15/h4-5,7,9,12,15H,1-3,6H2. The fraction of sp³-hybridized carbons (Fsp3) is 0.500. The predicted octanol–water partition coefficient (Wildman–Crippen LogP) is 3.06. The molecule has 92 valence electrons. The molecule has 2 rings (SSSR count). The first-order chi connectivity index (χ1) is 8.08. The minimum absolute atomic E-state index is 0.0904. The zero-order valence-electron chi connectivity index (χ0n) is 9.30. The van der Waals surface area contributed by atoms with Crippen LogP contribution in [-0.4, -0.2) is 16.1 Å². The topological polar surface area (TPSA) is 63.4 Å². The SMILES string of the molecule is O=[N+]([O-])c1ccc(CC2CCCC2O)c(Br)c1. The third-order valence-corrected chi connectivity index (χ3v) is 4.09. The maximum atomic E-state index is 10.6. The molecule has 5 heteroatoms. The highest BCUT2D eigenvalue weighted by Gasteiger charge is 2.26. The second-order valence-electron chi connectivity index (χ2n) is 4.50. The first-order valence-electron chi connectivity index (χ1n) is 5.69. The minimum Gasteiger partial charge on any atom is -0.393 e. The lowest BCUT2D eigenvalue weighted by Crippen LogP contribution is -2.15. The van der Waals surface area contributed by atoms with Crippen LogP contribution in [-0.2, 0) is 6.42 Å². The van der Waals surface area contributed by atoms with Gasteiger partial charge < -0.3 is 5.11 Å². The first kappa shape index (κ1) is 12.5. The molecule has 1 N–H and O–H groups in total. The second kappa shape index (κ2) is 5.14. The monoisotopic (exact) mass is 299 g/mol. The second-order valence-corrected chi connectivity index (χ2v) is 5.35. The Morgan fingerprint density at radius 1 is 1.47 bits per heavy atom. The van der Waals surface area contributed by atoms with Crippen LogP contribution in [0.4, 0.5) is 5.69 Å². The lowest BCUT2D eigenvalue weighted by atomic mass is 9.96. The van der Waals surface area contributed by atoms with Crippen molar-refractivity contribution in [1.29, 1.82) is 0 Å². The average molecular weight is 300 g/mol. The van der Waals surface area contributed by atoms with Gasteiger partial charge in [-0.3, -0.25) is 10.1 Å². The number of halogens is 1. The van der Waals surface area contributed by atoms with E-state index in [0.29, 0.717) is 0 Å². The first-order valence-corrected chi connectivity index (χ1v) is 6.48. The summed E-state index contributed by atoms with van der Waals surface area (Å²) in [5.41, 5.74) is 1.12. The van der Waals surface area contributed by atoms with Crippen molar-refractivity contribution in [2.24, 2.45) is 5.92 Å². The molecule has 0 spiro atoms. The summed E-state index contributed by atoms with van der Waals surface area (Å²) in [6.45, 7) is 0. The van der Waals surface area contributed by atoms with Gasteiger partial charge in [0.15, 0.2) is 0 Å². The van der Waals surface area contributed by atoms with Gasteiger partial charge in [0.25, 0.3) is 5.69 Å². The van der Waals surface area contributed by atoms with Gasteiger partial charge in [-0.25, -0.2) is 0 Å². The number of nitro benzene ring substituents is 1. The lowest BCUT2D eigenvalue weighted by molar-refractivity contribution is -0.384. The van der Waals surface area contributed by atoms with E-state index in [4.69, 9.17) is 0 Å². The van der Waals surface area contributed by atoms with Crippen LogP contribution < -0.4 is 0 Å². The van der Waals surface area contributed by atoms with Crippen molar-refractivity contribution in [2.75, 3.05) is 0 Å². The number of aliphatic hydroxyl groups is 1. The Kier molecular flexibility index (Phi) is 3.79. The number of nitrogens with zero attached hydrogens (tertiary/aromatic N) is 1. The zero-order chi connectivity index (χ0) is 12.4. The quantitative estimate of drug-likeness (QED) is 0.689. The van der Waals surface area contributed by atoms with Crippen LogP contribution in [0.15, 0.2) is 22.7 Å². The number of nitro groups is 1. The van der Waals surface area contributed by atoms with Crippen molar-refractivity contribution < 1.29 is 10.0 Å². The molecule has 1 fully saturated rings. The third kappa shape index (κ3) is 2.84. The van der Waals surface area contributed by atoms with Crippen LogP contribution in [0.25, 0.3) is 0 Å². The Balaban J connectivity index is 2.14. The molecule has 0 amide bonds. The van der Waals surface area contributed by atoms with Crippen LogP contribution >= 0.6 is 15.9 Å². The molecule has 2 unspecified atom stereocenters. The normalized spacial score (nSPS) is 23.9. The number of hydrogen-bond donors (Lipinski definition) is 1. The summed E-state index contributed by atoms with van der Waals surface area (Å²) in [6.07, 6.45) is 3.52. The summed E-state index contributed by atoms with van der Waals surface area (Å²) < 4.78 is 0.755. The van der Waals surface area contributed by atoms with E-state index in [-0.39, 0.29) is 17.7 Å². The van der Waals surface area contributed by atoms with Gasteiger partial charge in [0, 0.05) is 16.6 Å². The van der Waals surface area contributed by atoms with Gasteiger partial charge >= 0.3 is 0 Å². The highest BCUT2D eigenvalue weighted by molar-refractivity contribution is 9.10. The van der Waals surface area contributed by atoms with Crippen molar-refractivity contribution in [3.05, 3.63) is 38.3 Å². The molecule has 0 aromatic heterocycles. The minimum atomic E-state index is -0.404. The molecule has 4 nitrogen and oxygen atoms in total. The van der Waals surface area contributed by atoms with Gasteiger partial charge in [-0.1, -0.05) is 28.4 Å². The number of benzene rings is 1. The molecule has 0 radical (unpaired) electrons. The average Bonchev–Trinajstić information content (AvgIpc) is 2.67. The van der Waals surface area contributed by atoms with E-state index in [1.165, 1.54) is 12.1 Å². The van der Waals surface area contributed by atoms with Gasteiger partial charge in [0.1, 0.15) is 0 Å². The fourth-order valence-corrected chi connectivity index (χ4v) is 2.88. The summed E-state index contributed by atoms with van der Waals surface area (Å²) in [5, 5.41) is 20.4. The molecule has 0 heterocycles. The molecule has 2 atom stereocenters. The molecule has 1 saturated carbocycles.